The smallest absolute Gasteiger partial charge is 0.263 e. The van der Waals surface area contributed by atoms with Crippen LogP contribution >= 0.6 is 23.1 Å². The van der Waals surface area contributed by atoms with Crippen LogP contribution in [0, 0.1) is 5.82 Å². The molecule has 0 atom stereocenters. The summed E-state index contributed by atoms with van der Waals surface area (Å²) in [6.45, 7) is 3.98. The third-order valence-corrected chi connectivity index (χ3v) is 6.70. The molecular weight excluding hydrogens is 461 g/mol. The van der Waals surface area contributed by atoms with Gasteiger partial charge in [-0.05, 0) is 29.8 Å². The van der Waals surface area contributed by atoms with Gasteiger partial charge in [0, 0.05) is 17.5 Å². The number of ether oxygens (including phenoxy) is 1. The lowest BCUT2D eigenvalue weighted by atomic mass is 10.1. The number of hydrogen-bond acceptors (Lipinski definition) is 6. The summed E-state index contributed by atoms with van der Waals surface area (Å²) in [7, 11) is 1.60. The molecule has 33 heavy (non-hydrogen) atoms. The van der Waals surface area contributed by atoms with E-state index in [1.165, 1.54) is 28.0 Å². The van der Waals surface area contributed by atoms with E-state index in [9.17, 15) is 14.0 Å². The highest BCUT2D eigenvalue weighted by Crippen LogP contribution is 2.33. The Kier molecular flexibility index (Phi) is 6.90. The molecule has 0 spiro atoms. The number of nitrogens with zero attached hydrogens (tertiary/aromatic N) is 2. The van der Waals surface area contributed by atoms with Crippen LogP contribution in [0.1, 0.15) is 0 Å². The fourth-order valence-electron chi connectivity index (χ4n) is 3.27. The number of carbonyl (C=O) groups is 1. The van der Waals surface area contributed by atoms with Crippen molar-refractivity contribution in [3.8, 4) is 16.9 Å². The van der Waals surface area contributed by atoms with Crippen molar-refractivity contribution in [2.45, 2.75) is 11.7 Å². The van der Waals surface area contributed by atoms with E-state index in [0.717, 1.165) is 28.6 Å². The van der Waals surface area contributed by atoms with Gasteiger partial charge in [-0.1, -0.05) is 42.1 Å². The molecule has 0 saturated heterocycles. The van der Waals surface area contributed by atoms with Gasteiger partial charge < -0.3 is 10.1 Å². The molecular formula is C24H20FN3O3S2. The summed E-state index contributed by atoms with van der Waals surface area (Å²) >= 11 is 2.49. The number of carbonyl (C=O) groups excluding carboxylic acids is 1. The van der Waals surface area contributed by atoms with Crippen LogP contribution in [0.25, 0.3) is 21.3 Å². The molecule has 0 bridgehead atoms. The minimum Gasteiger partial charge on any atom is -0.497 e. The molecule has 0 radical (unpaired) electrons. The van der Waals surface area contributed by atoms with E-state index in [4.69, 9.17) is 4.74 Å². The topological polar surface area (TPSA) is 73.2 Å². The third kappa shape index (κ3) is 4.84. The second kappa shape index (κ2) is 10.0. The molecule has 0 unspecified atom stereocenters. The summed E-state index contributed by atoms with van der Waals surface area (Å²) in [4.78, 5) is 31.0. The number of benzene rings is 2. The molecule has 2 aromatic carbocycles. The number of aromatic nitrogens is 2. The number of thioether (sulfide) groups is 1. The fraction of sp³-hybridized carbons (Fsp3) is 0.125. The molecule has 0 aliphatic carbocycles. The Balaban J connectivity index is 1.64. The monoisotopic (exact) mass is 481 g/mol. The quantitative estimate of drug-likeness (QED) is 0.213. The molecule has 168 valence electrons. The summed E-state index contributed by atoms with van der Waals surface area (Å²) in [6, 6.07) is 13.4. The van der Waals surface area contributed by atoms with Crippen molar-refractivity contribution in [2.24, 2.45) is 0 Å². The summed E-state index contributed by atoms with van der Waals surface area (Å²) in [5, 5.41) is 5.36. The molecule has 4 rings (SSSR count). The van der Waals surface area contributed by atoms with Crippen molar-refractivity contribution in [1.82, 2.24) is 9.55 Å². The van der Waals surface area contributed by atoms with E-state index in [1.54, 1.807) is 25.3 Å². The Morgan fingerprint density at radius 1 is 1.27 bits per heavy atom. The van der Waals surface area contributed by atoms with Gasteiger partial charge in [0.05, 0.1) is 23.9 Å². The van der Waals surface area contributed by atoms with Crippen LogP contribution in [-0.4, -0.2) is 28.3 Å². The largest absolute Gasteiger partial charge is 0.497 e. The zero-order chi connectivity index (χ0) is 23.4. The maximum atomic E-state index is 13.8. The second-order valence-corrected chi connectivity index (χ2v) is 8.77. The van der Waals surface area contributed by atoms with Crippen LogP contribution in [0.4, 0.5) is 10.1 Å². The minimum absolute atomic E-state index is 0.0276. The highest BCUT2D eigenvalue weighted by Gasteiger charge is 2.18. The highest BCUT2D eigenvalue weighted by atomic mass is 32.2. The summed E-state index contributed by atoms with van der Waals surface area (Å²) in [5.74, 6) is -0.203. The maximum absolute atomic E-state index is 13.8. The van der Waals surface area contributed by atoms with Gasteiger partial charge in [0.2, 0.25) is 5.91 Å². The van der Waals surface area contributed by atoms with Crippen molar-refractivity contribution in [3.63, 3.8) is 0 Å². The van der Waals surface area contributed by atoms with E-state index >= 15 is 0 Å². The normalized spacial score (nSPS) is 10.8. The van der Waals surface area contributed by atoms with Crippen LogP contribution in [-0.2, 0) is 11.3 Å². The lowest BCUT2D eigenvalue weighted by Crippen LogP contribution is -2.23. The van der Waals surface area contributed by atoms with Gasteiger partial charge in [-0.3, -0.25) is 14.2 Å². The first-order chi connectivity index (χ1) is 16.0. The SMILES string of the molecule is C=CCn1c(SCC(=O)Nc2ccccc2F)nc2scc(-c3ccc(OC)cc3)c2c1=O. The molecule has 0 aliphatic rings. The van der Waals surface area contributed by atoms with Crippen LogP contribution in [0.15, 0.2) is 76.5 Å². The van der Waals surface area contributed by atoms with Crippen molar-refractivity contribution in [1.29, 1.82) is 0 Å². The Morgan fingerprint density at radius 2 is 2.03 bits per heavy atom. The predicted octanol–water partition coefficient (Wildman–Crippen LogP) is 5.19. The van der Waals surface area contributed by atoms with Gasteiger partial charge in [-0.2, -0.15) is 0 Å². The number of allylic oxidation sites excluding steroid dienone is 1. The Labute approximate surface area is 197 Å². The van der Waals surface area contributed by atoms with Gasteiger partial charge in [0.1, 0.15) is 16.4 Å². The van der Waals surface area contributed by atoms with E-state index < -0.39 is 11.7 Å². The van der Waals surface area contributed by atoms with Gasteiger partial charge >= 0.3 is 0 Å². The van der Waals surface area contributed by atoms with Gasteiger partial charge in [-0.15, -0.1) is 17.9 Å². The number of methoxy groups -OCH3 is 1. The minimum atomic E-state index is -0.511. The molecule has 0 fully saturated rings. The number of amides is 1. The average molecular weight is 482 g/mol. The van der Waals surface area contributed by atoms with Crippen molar-refractivity contribution < 1.29 is 13.9 Å². The van der Waals surface area contributed by atoms with Crippen LogP contribution < -0.4 is 15.6 Å². The Morgan fingerprint density at radius 3 is 2.73 bits per heavy atom. The van der Waals surface area contributed by atoms with Crippen molar-refractivity contribution >= 4 is 44.9 Å². The second-order valence-electron chi connectivity index (χ2n) is 6.97. The molecule has 1 N–H and O–H groups in total. The lowest BCUT2D eigenvalue weighted by Gasteiger charge is -2.11. The number of halogens is 1. The Bertz CT molecular complexity index is 1380. The standard InChI is InChI=1S/C24H20FN3O3S2/c1-3-12-28-23(30)21-17(15-8-10-16(31-2)11-9-15)13-32-22(21)27-24(28)33-14-20(29)26-19-7-5-4-6-18(19)25/h3-11,13H,1,12,14H2,2H3,(H,26,29). The number of para-hydroxylation sites is 1. The van der Waals surface area contributed by atoms with Crippen LogP contribution in [0.2, 0.25) is 0 Å². The van der Waals surface area contributed by atoms with Crippen LogP contribution in [0.3, 0.4) is 0 Å². The predicted molar refractivity (Wildman–Crippen MR) is 132 cm³/mol. The van der Waals surface area contributed by atoms with Gasteiger partial charge in [0.25, 0.3) is 5.56 Å². The summed E-state index contributed by atoms with van der Waals surface area (Å²) < 4.78 is 20.5. The number of hydrogen-bond donors (Lipinski definition) is 1. The maximum Gasteiger partial charge on any atom is 0.263 e. The van der Waals surface area contributed by atoms with E-state index in [1.807, 2.05) is 29.6 Å². The average Bonchev–Trinajstić information content (AvgIpc) is 3.25. The van der Waals surface area contributed by atoms with Crippen molar-refractivity contribution in [3.05, 3.63) is 82.7 Å². The molecule has 2 aromatic heterocycles. The highest BCUT2D eigenvalue weighted by molar-refractivity contribution is 7.99. The Hall–Kier alpha value is -3.43. The molecule has 9 heteroatoms. The van der Waals surface area contributed by atoms with Crippen LogP contribution in [0.5, 0.6) is 5.75 Å². The first-order valence-corrected chi connectivity index (χ1v) is 11.8. The first kappa shape index (κ1) is 22.8. The number of fused-ring (bicyclic) bond motifs is 1. The number of rotatable bonds is 8. The summed E-state index contributed by atoms with van der Waals surface area (Å²) in [5.41, 5.74) is 1.58. The molecule has 4 aromatic rings. The number of thiophene rings is 1. The van der Waals surface area contributed by atoms with E-state index in [2.05, 4.69) is 16.9 Å². The number of anilines is 1. The van der Waals surface area contributed by atoms with Gasteiger partial charge in [-0.25, -0.2) is 9.37 Å². The molecule has 1 amide bonds. The third-order valence-electron chi connectivity index (χ3n) is 4.85. The molecule has 0 saturated carbocycles. The van der Waals surface area contributed by atoms with E-state index in [0.29, 0.717) is 15.4 Å². The van der Waals surface area contributed by atoms with Gasteiger partial charge in [0.15, 0.2) is 5.16 Å². The fourth-order valence-corrected chi connectivity index (χ4v) is 5.06. The molecule has 2 heterocycles. The first-order valence-electron chi connectivity index (χ1n) is 9.96. The number of nitrogens with one attached hydrogen (secondary N) is 1. The molecule has 0 aliphatic heterocycles. The zero-order valence-corrected chi connectivity index (χ0v) is 19.3. The van der Waals surface area contributed by atoms with Crippen molar-refractivity contribution in [2.75, 3.05) is 18.2 Å². The molecule has 6 nitrogen and oxygen atoms in total. The zero-order valence-electron chi connectivity index (χ0n) is 17.7. The van der Waals surface area contributed by atoms with E-state index in [-0.39, 0.29) is 23.5 Å². The summed E-state index contributed by atoms with van der Waals surface area (Å²) in [6.07, 6.45) is 1.61. The lowest BCUT2D eigenvalue weighted by molar-refractivity contribution is -0.113.